The molecule has 0 spiro atoms. The molecule has 0 aliphatic rings. The summed E-state index contributed by atoms with van der Waals surface area (Å²) in [7, 11) is 0. The number of halogens is 4. The molecule has 1 amide bonds. The third-order valence-electron chi connectivity index (χ3n) is 4.31. The Morgan fingerprint density at radius 2 is 1.78 bits per heavy atom. The molecule has 0 radical (unpaired) electrons. The van der Waals surface area contributed by atoms with Crippen LogP contribution in [0.5, 0.6) is 5.88 Å². The van der Waals surface area contributed by atoms with Crippen molar-refractivity contribution in [3.05, 3.63) is 76.9 Å². The van der Waals surface area contributed by atoms with Crippen LogP contribution in [0.4, 0.5) is 13.2 Å². The molecular formula is C21H17ClF3N3O4. The van der Waals surface area contributed by atoms with E-state index in [0.717, 1.165) is 4.68 Å². The zero-order valence-electron chi connectivity index (χ0n) is 16.3. The van der Waals surface area contributed by atoms with Gasteiger partial charge in [-0.25, -0.2) is 4.79 Å². The van der Waals surface area contributed by atoms with Crippen LogP contribution < -0.4 is 10.1 Å². The highest BCUT2D eigenvalue weighted by molar-refractivity contribution is 6.32. The number of carbonyl (C=O) groups is 2. The number of carboxylic acids is 1. The van der Waals surface area contributed by atoms with Crippen molar-refractivity contribution in [2.45, 2.75) is 18.6 Å². The van der Waals surface area contributed by atoms with Gasteiger partial charge in [-0.3, -0.25) is 4.79 Å². The molecule has 0 aliphatic carbocycles. The van der Waals surface area contributed by atoms with E-state index in [1.807, 2.05) is 0 Å². The monoisotopic (exact) mass is 467 g/mol. The van der Waals surface area contributed by atoms with E-state index in [1.54, 1.807) is 42.5 Å². The number of carbonyl (C=O) groups excluding carboxylic acids is 1. The van der Waals surface area contributed by atoms with Crippen molar-refractivity contribution in [2.24, 2.45) is 0 Å². The standard InChI is InChI=1S/C21H17ClF3N3O4/c22-14-8-4-5-9-16(14)28-19(11-17(27-28)21(23,24)25)32-12-18(29)26-15(20(30)31)10-13-6-2-1-3-7-13/h1-9,11,15H,10,12H2,(H,26,29)(H,30,31)/t15-/m0/s1. The lowest BCUT2D eigenvalue weighted by Gasteiger charge is -2.15. The molecule has 0 bridgehead atoms. The van der Waals surface area contributed by atoms with Crippen LogP contribution in [-0.4, -0.2) is 39.4 Å². The molecule has 2 N–H and O–H groups in total. The second-order valence-corrected chi connectivity index (χ2v) is 7.07. The van der Waals surface area contributed by atoms with Gasteiger partial charge in [0.1, 0.15) is 6.04 Å². The van der Waals surface area contributed by atoms with E-state index in [-0.39, 0.29) is 23.0 Å². The predicted octanol–water partition coefficient (Wildman–Crippen LogP) is 3.74. The number of nitrogens with one attached hydrogen (secondary N) is 1. The number of aliphatic carboxylic acids is 1. The van der Waals surface area contributed by atoms with Crippen LogP contribution in [0.15, 0.2) is 60.7 Å². The summed E-state index contributed by atoms with van der Waals surface area (Å²) in [4.78, 5) is 23.8. The Kier molecular flexibility index (Phi) is 7.04. The number of amides is 1. The quantitative estimate of drug-likeness (QED) is 0.526. The number of para-hydroxylation sites is 1. The Morgan fingerprint density at radius 1 is 1.12 bits per heavy atom. The second kappa shape index (κ2) is 9.73. The number of rotatable bonds is 8. The van der Waals surface area contributed by atoms with Crippen molar-refractivity contribution >= 4 is 23.5 Å². The molecule has 1 atom stereocenters. The van der Waals surface area contributed by atoms with Crippen molar-refractivity contribution in [2.75, 3.05) is 6.61 Å². The lowest BCUT2D eigenvalue weighted by molar-refractivity contribution is -0.142. The van der Waals surface area contributed by atoms with Crippen LogP contribution in [0.25, 0.3) is 5.69 Å². The van der Waals surface area contributed by atoms with E-state index in [9.17, 15) is 27.9 Å². The highest BCUT2D eigenvalue weighted by atomic mass is 35.5. The van der Waals surface area contributed by atoms with Crippen LogP contribution in [0, 0.1) is 0 Å². The minimum absolute atomic E-state index is 0.0255. The van der Waals surface area contributed by atoms with Crippen LogP contribution in [0.2, 0.25) is 5.02 Å². The van der Waals surface area contributed by atoms with Gasteiger partial charge in [-0.1, -0.05) is 54.1 Å². The molecule has 0 aliphatic heterocycles. The summed E-state index contributed by atoms with van der Waals surface area (Å²) in [6.45, 7) is -0.730. The van der Waals surface area contributed by atoms with Crippen molar-refractivity contribution < 1.29 is 32.6 Å². The first kappa shape index (κ1) is 23.1. The van der Waals surface area contributed by atoms with Crippen LogP contribution >= 0.6 is 11.6 Å². The third-order valence-corrected chi connectivity index (χ3v) is 4.63. The number of nitrogens with zero attached hydrogens (tertiary/aromatic N) is 2. The summed E-state index contributed by atoms with van der Waals surface area (Å²) in [5.41, 5.74) is -0.430. The fraction of sp³-hybridized carbons (Fsp3) is 0.190. The zero-order valence-corrected chi connectivity index (χ0v) is 17.1. The first-order valence-corrected chi connectivity index (χ1v) is 9.64. The van der Waals surface area contributed by atoms with Gasteiger partial charge in [0.15, 0.2) is 12.3 Å². The summed E-state index contributed by atoms with van der Waals surface area (Å²) >= 11 is 6.06. The van der Waals surface area contributed by atoms with E-state index in [4.69, 9.17) is 16.3 Å². The Balaban J connectivity index is 1.75. The number of ether oxygens (including phenoxy) is 1. The highest BCUT2D eigenvalue weighted by Gasteiger charge is 2.36. The fourth-order valence-corrected chi connectivity index (χ4v) is 3.04. The average Bonchev–Trinajstić information content (AvgIpc) is 3.17. The van der Waals surface area contributed by atoms with E-state index < -0.39 is 36.4 Å². The number of benzene rings is 2. The topological polar surface area (TPSA) is 93.5 Å². The molecule has 0 saturated heterocycles. The Bertz CT molecular complexity index is 1100. The number of carboxylic acid groups (broad SMARTS) is 1. The average molecular weight is 468 g/mol. The summed E-state index contributed by atoms with van der Waals surface area (Å²) in [5.74, 6) is -2.47. The molecule has 2 aromatic carbocycles. The molecule has 3 rings (SSSR count). The van der Waals surface area contributed by atoms with Gasteiger partial charge in [0, 0.05) is 12.5 Å². The maximum absolute atomic E-state index is 13.2. The number of hydrogen-bond donors (Lipinski definition) is 2. The largest absolute Gasteiger partial charge is 0.480 e. The molecule has 11 heteroatoms. The van der Waals surface area contributed by atoms with E-state index in [0.29, 0.717) is 11.6 Å². The first-order valence-electron chi connectivity index (χ1n) is 9.26. The summed E-state index contributed by atoms with van der Waals surface area (Å²) in [6, 6.07) is 14.1. The highest BCUT2D eigenvalue weighted by Crippen LogP contribution is 2.33. The van der Waals surface area contributed by atoms with Crippen molar-refractivity contribution in [1.29, 1.82) is 0 Å². The first-order chi connectivity index (χ1) is 15.1. The second-order valence-electron chi connectivity index (χ2n) is 6.67. The maximum atomic E-state index is 13.2. The third kappa shape index (κ3) is 5.79. The smallest absolute Gasteiger partial charge is 0.435 e. The van der Waals surface area contributed by atoms with E-state index in [2.05, 4.69) is 10.4 Å². The lowest BCUT2D eigenvalue weighted by Crippen LogP contribution is -2.44. The molecular weight excluding hydrogens is 451 g/mol. The Morgan fingerprint density at radius 3 is 2.41 bits per heavy atom. The molecule has 168 valence electrons. The van der Waals surface area contributed by atoms with Gasteiger partial charge in [0.25, 0.3) is 5.91 Å². The molecule has 7 nitrogen and oxygen atoms in total. The minimum Gasteiger partial charge on any atom is -0.480 e. The van der Waals surface area contributed by atoms with Crippen molar-refractivity contribution in [1.82, 2.24) is 15.1 Å². The molecule has 0 fully saturated rings. The molecule has 1 heterocycles. The fourth-order valence-electron chi connectivity index (χ4n) is 2.83. The van der Waals surface area contributed by atoms with E-state index in [1.165, 1.54) is 12.1 Å². The number of aromatic nitrogens is 2. The molecule has 1 aromatic heterocycles. The van der Waals surface area contributed by atoms with Gasteiger partial charge in [0.2, 0.25) is 5.88 Å². The summed E-state index contributed by atoms with van der Waals surface area (Å²) < 4.78 is 45.5. The zero-order chi connectivity index (χ0) is 23.3. The van der Waals surface area contributed by atoms with Crippen LogP contribution in [0.3, 0.4) is 0 Å². The van der Waals surface area contributed by atoms with Gasteiger partial charge in [-0.15, -0.1) is 0 Å². The Hall–Kier alpha value is -3.53. The SMILES string of the molecule is O=C(COc1cc(C(F)(F)F)nn1-c1ccccc1Cl)N[C@@H](Cc1ccccc1)C(=O)O. The van der Waals surface area contributed by atoms with E-state index >= 15 is 0 Å². The number of alkyl halides is 3. The van der Waals surface area contributed by atoms with Gasteiger partial charge in [-0.05, 0) is 17.7 Å². The predicted molar refractivity (Wildman–Crippen MR) is 109 cm³/mol. The van der Waals surface area contributed by atoms with Gasteiger partial charge in [0.05, 0.1) is 10.7 Å². The van der Waals surface area contributed by atoms with Gasteiger partial charge < -0.3 is 15.2 Å². The molecule has 0 saturated carbocycles. The van der Waals surface area contributed by atoms with Crippen molar-refractivity contribution in [3.8, 4) is 11.6 Å². The van der Waals surface area contributed by atoms with Gasteiger partial charge >= 0.3 is 12.1 Å². The maximum Gasteiger partial charge on any atom is 0.435 e. The van der Waals surface area contributed by atoms with Crippen molar-refractivity contribution in [3.63, 3.8) is 0 Å². The van der Waals surface area contributed by atoms with Gasteiger partial charge in [-0.2, -0.15) is 23.0 Å². The molecule has 3 aromatic rings. The molecule has 32 heavy (non-hydrogen) atoms. The Labute approximate surface area is 185 Å². The minimum atomic E-state index is -4.75. The van der Waals surface area contributed by atoms with Crippen LogP contribution in [-0.2, 0) is 22.2 Å². The van der Waals surface area contributed by atoms with Crippen LogP contribution in [0.1, 0.15) is 11.3 Å². The molecule has 0 unspecified atom stereocenters. The number of hydrogen-bond acceptors (Lipinski definition) is 4. The normalized spacial score (nSPS) is 12.2. The summed E-state index contributed by atoms with van der Waals surface area (Å²) in [5, 5.41) is 15.3. The summed E-state index contributed by atoms with van der Waals surface area (Å²) in [6.07, 6.45) is -4.73. The lowest BCUT2D eigenvalue weighted by atomic mass is 10.1.